The highest BCUT2D eigenvalue weighted by Gasteiger charge is 2.39. The van der Waals surface area contributed by atoms with Crippen molar-refractivity contribution in [1.82, 2.24) is 9.55 Å². The third kappa shape index (κ3) is 3.63. The molecule has 23 heavy (non-hydrogen) atoms. The first kappa shape index (κ1) is 18.9. The number of halogens is 2. The molecule has 2 aromatic heterocycles. The highest BCUT2D eigenvalue weighted by Crippen LogP contribution is 2.38. The van der Waals surface area contributed by atoms with Gasteiger partial charge in [-0.2, -0.15) is 0 Å². The van der Waals surface area contributed by atoms with Crippen molar-refractivity contribution in [2.45, 2.75) is 58.3 Å². The Hall–Kier alpha value is -0.473. The minimum atomic E-state index is -1.84. The van der Waals surface area contributed by atoms with E-state index in [1.165, 1.54) is 6.20 Å². The highest BCUT2D eigenvalue weighted by atomic mass is 127. The normalized spacial score (nSPS) is 13.8. The average Bonchev–Trinajstić information content (AvgIpc) is 2.75. The molecular formula is C17H26FIN2OSi. The highest BCUT2D eigenvalue weighted by molar-refractivity contribution is 14.1. The van der Waals surface area contributed by atoms with Gasteiger partial charge in [0.05, 0.1) is 23.9 Å². The smallest absolute Gasteiger partial charge is 0.192 e. The molecule has 0 aliphatic carbocycles. The van der Waals surface area contributed by atoms with Crippen LogP contribution in [-0.4, -0.2) is 24.5 Å². The van der Waals surface area contributed by atoms with E-state index in [1.54, 1.807) is 6.20 Å². The monoisotopic (exact) mass is 448 g/mol. The van der Waals surface area contributed by atoms with E-state index in [2.05, 4.69) is 75.3 Å². The molecule has 2 aromatic rings. The molecule has 0 spiro atoms. The lowest BCUT2D eigenvalue weighted by Crippen LogP contribution is -2.45. The van der Waals surface area contributed by atoms with E-state index in [-0.39, 0.29) is 16.4 Å². The molecular weight excluding hydrogens is 422 g/mol. The fraction of sp³-hybridized carbons (Fsp3) is 0.588. The van der Waals surface area contributed by atoms with Crippen LogP contribution in [-0.2, 0) is 9.96 Å². The van der Waals surface area contributed by atoms with E-state index in [4.69, 9.17) is 4.43 Å². The van der Waals surface area contributed by atoms with Gasteiger partial charge in [0, 0.05) is 21.4 Å². The summed E-state index contributed by atoms with van der Waals surface area (Å²) in [5.74, 6) is -0.286. The summed E-state index contributed by atoms with van der Waals surface area (Å²) < 4.78 is 23.7. The van der Waals surface area contributed by atoms with Gasteiger partial charge in [-0.15, -0.1) is 0 Å². The van der Waals surface area contributed by atoms with Crippen LogP contribution in [0.4, 0.5) is 4.39 Å². The predicted molar refractivity (Wildman–Crippen MR) is 105 cm³/mol. The van der Waals surface area contributed by atoms with Crippen molar-refractivity contribution in [3.8, 4) is 0 Å². The Morgan fingerprint density at radius 1 is 1.22 bits per heavy atom. The molecule has 2 heterocycles. The molecule has 0 radical (unpaired) electrons. The van der Waals surface area contributed by atoms with Gasteiger partial charge in [0.15, 0.2) is 14.1 Å². The maximum Gasteiger partial charge on any atom is 0.192 e. The zero-order chi connectivity index (χ0) is 17.6. The summed E-state index contributed by atoms with van der Waals surface area (Å²) in [7, 11) is -1.84. The third-order valence-electron chi connectivity index (χ3n) is 4.86. The van der Waals surface area contributed by atoms with E-state index < -0.39 is 8.32 Å². The van der Waals surface area contributed by atoms with Crippen molar-refractivity contribution in [3.63, 3.8) is 0 Å². The average molecular weight is 448 g/mol. The van der Waals surface area contributed by atoms with Gasteiger partial charge in [-0.25, -0.2) is 4.39 Å². The number of nitrogens with zero attached hydrogens (tertiary/aromatic N) is 2. The molecule has 0 saturated carbocycles. The minimum Gasteiger partial charge on any atom is -0.414 e. The maximum atomic E-state index is 14.3. The predicted octanol–water partition coefficient (Wildman–Crippen LogP) is 5.54. The van der Waals surface area contributed by atoms with Gasteiger partial charge >= 0.3 is 0 Å². The van der Waals surface area contributed by atoms with Crippen molar-refractivity contribution in [3.05, 3.63) is 28.0 Å². The molecule has 0 saturated heterocycles. The first-order valence-electron chi connectivity index (χ1n) is 7.81. The topological polar surface area (TPSA) is 27.1 Å². The molecule has 0 atom stereocenters. The quantitative estimate of drug-likeness (QED) is 0.454. The number of rotatable bonds is 4. The number of pyridine rings is 1. The molecule has 0 aromatic carbocycles. The molecule has 128 valence electrons. The SMILES string of the molecule is CC(C)(CO[Si](C)(C)C(C)(C)C)n1cc(I)c2cncc(F)c21. The summed E-state index contributed by atoms with van der Waals surface area (Å²) in [4.78, 5) is 3.97. The van der Waals surface area contributed by atoms with Crippen molar-refractivity contribution in [2.24, 2.45) is 0 Å². The van der Waals surface area contributed by atoms with Crippen LogP contribution >= 0.6 is 22.6 Å². The Bertz CT molecular complexity index is 719. The zero-order valence-corrected chi connectivity index (χ0v) is 18.2. The van der Waals surface area contributed by atoms with E-state index in [1.807, 2.05) is 10.8 Å². The van der Waals surface area contributed by atoms with Gasteiger partial charge in [-0.05, 0) is 54.6 Å². The molecule has 3 nitrogen and oxygen atoms in total. The lowest BCUT2D eigenvalue weighted by Gasteiger charge is -2.39. The number of aromatic nitrogens is 2. The zero-order valence-electron chi connectivity index (χ0n) is 15.0. The summed E-state index contributed by atoms with van der Waals surface area (Å²) in [6.07, 6.45) is 4.99. The van der Waals surface area contributed by atoms with Gasteiger partial charge in [0.1, 0.15) is 0 Å². The first-order valence-corrected chi connectivity index (χ1v) is 11.8. The van der Waals surface area contributed by atoms with Gasteiger partial charge in [0.25, 0.3) is 0 Å². The van der Waals surface area contributed by atoms with Gasteiger partial charge in [0.2, 0.25) is 0 Å². The molecule has 0 unspecified atom stereocenters. The van der Waals surface area contributed by atoms with E-state index >= 15 is 0 Å². The Labute approximate surface area is 152 Å². The Morgan fingerprint density at radius 2 is 1.83 bits per heavy atom. The van der Waals surface area contributed by atoms with Crippen LogP contribution in [0.1, 0.15) is 34.6 Å². The van der Waals surface area contributed by atoms with Crippen LogP contribution in [0.5, 0.6) is 0 Å². The molecule has 0 aliphatic heterocycles. The number of fused-ring (bicyclic) bond motifs is 1. The van der Waals surface area contributed by atoms with Crippen molar-refractivity contribution in [2.75, 3.05) is 6.61 Å². The Morgan fingerprint density at radius 3 is 2.39 bits per heavy atom. The molecule has 0 fully saturated rings. The second-order valence-corrected chi connectivity index (χ2v) is 14.2. The summed E-state index contributed by atoms with van der Waals surface area (Å²) in [6, 6.07) is 0. The van der Waals surface area contributed by atoms with Gasteiger partial charge in [-0.1, -0.05) is 20.8 Å². The van der Waals surface area contributed by atoms with Gasteiger partial charge in [-0.3, -0.25) is 4.98 Å². The van der Waals surface area contributed by atoms with E-state index in [0.717, 1.165) is 8.96 Å². The lowest BCUT2D eigenvalue weighted by atomic mass is 10.1. The fourth-order valence-corrected chi connectivity index (χ4v) is 4.04. The largest absolute Gasteiger partial charge is 0.414 e. The van der Waals surface area contributed by atoms with Crippen LogP contribution < -0.4 is 0 Å². The number of hydrogen-bond acceptors (Lipinski definition) is 2. The standard InChI is InChI=1S/C17H26FIN2OSi/c1-16(2,3)23(6,7)22-11-17(4,5)21-10-14(19)12-8-20-9-13(18)15(12)21/h8-10H,11H2,1-7H3. The van der Waals surface area contributed by atoms with Crippen molar-refractivity contribution >= 4 is 41.8 Å². The first-order chi connectivity index (χ1) is 10.4. The van der Waals surface area contributed by atoms with Crippen LogP contribution in [0.2, 0.25) is 18.1 Å². The van der Waals surface area contributed by atoms with E-state index in [9.17, 15) is 4.39 Å². The van der Waals surface area contributed by atoms with Crippen LogP contribution in [0, 0.1) is 9.39 Å². The second-order valence-electron chi connectivity index (χ2n) is 8.23. The molecule has 0 bridgehead atoms. The summed E-state index contributed by atoms with van der Waals surface area (Å²) in [5, 5.41) is 1.01. The molecule has 0 amide bonds. The van der Waals surface area contributed by atoms with Crippen LogP contribution in [0.15, 0.2) is 18.6 Å². The van der Waals surface area contributed by atoms with E-state index in [0.29, 0.717) is 12.1 Å². The Balaban J connectivity index is 2.38. The second kappa shape index (κ2) is 6.11. The maximum absolute atomic E-state index is 14.3. The minimum absolute atomic E-state index is 0.158. The molecule has 6 heteroatoms. The van der Waals surface area contributed by atoms with Gasteiger partial charge < -0.3 is 8.99 Å². The molecule has 2 rings (SSSR count). The summed E-state index contributed by atoms with van der Waals surface area (Å²) in [5.41, 5.74) is 0.271. The Kier molecular flexibility index (Phi) is 5.01. The van der Waals surface area contributed by atoms with Crippen LogP contribution in [0.25, 0.3) is 10.9 Å². The number of hydrogen-bond donors (Lipinski definition) is 0. The fourth-order valence-electron chi connectivity index (χ4n) is 2.22. The van der Waals surface area contributed by atoms with Crippen molar-refractivity contribution < 1.29 is 8.82 Å². The molecule has 0 N–H and O–H groups in total. The summed E-state index contributed by atoms with van der Waals surface area (Å²) in [6.45, 7) is 15.9. The van der Waals surface area contributed by atoms with Crippen molar-refractivity contribution in [1.29, 1.82) is 0 Å². The summed E-state index contributed by atoms with van der Waals surface area (Å²) >= 11 is 2.23. The lowest BCUT2D eigenvalue weighted by molar-refractivity contribution is 0.172. The van der Waals surface area contributed by atoms with Crippen LogP contribution in [0.3, 0.4) is 0 Å². The molecule has 0 aliphatic rings. The third-order valence-corrected chi connectivity index (χ3v) is 10.2.